The van der Waals surface area contributed by atoms with Gasteiger partial charge >= 0.3 is 0 Å². The Bertz CT molecular complexity index is 1010. The second-order valence-electron chi connectivity index (χ2n) is 9.15. The molecule has 7 heteroatoms. The Kier molecular flexibility index (Phi) is 6.98. The molecule has 1 aromatic heterocycles. The van der Waals surface area contributed by atoms with Crippen molar-refractivity contribution in [2.45, 2.75) is 50.7 Å². The smallest absolute Gasteiger partial charge is 0.173 e. The van der Waals surface area contributed by atoms with Crippen LogP contribution in [-0.4, -0.2) is 69.3 Å². The molecule has 1 aliphatic carbocycles. The fourth-order valence-electron chi connectivity index (χ4n) is 5.47. The monoisotopic (exact) mass is 446 g/mol. The number of aromatic nitrogens is 4. The van der Waals surface area contributed by atoms with Crippen molar-refractivity contribution >= 4 is 0 Å². The zero-order chi connectivity index (χ0) is 22.5. The van der Waals surface area contributed by atoms with Gasteiger partial charge in [0, 0.05) is 44.3 Å². The summed E-state index contributed by atoms with van der Waals surface area (Å²) in [6.07, 6.45) is 6.37. The van der Waals surface area contributed by atoms with E-state index in [0.29, 0.717) is 0 Å². The number of rotatable bonds is 8. The molecule has 2 aliphatic rings. The van der Waals surface area contributed by atoms with E-state index in [0.717, 1.165) is 62.3 Å². The Morgan fingerprint density at radius 1 is 0.939 bits per heavy atom. The maximum atomic E-state index is 5.77. The average Bonchev–Trinajstić information content (AvgIpc) is 3.57. The van der Waals surface area contributed by atoms with Crippen molar-refractivity contribution in [1.29, 1.82) is 0 Å². The lowest BCUT2D eigenvalue weighted by Gasteiger charge is -2.41. The molecule has 1 aliphatic heterocycles. The lowest BCUT2D eigenvalue weighted by Crippen LogP contribution is -2.51. The lowest BCUT2D eigenvalue weighted by molar-refractivity contribution is 0.0763. The largest absolute Gasteiger partial charge is 0.496 e. The molecule has 5 rings (SSSR count). The molecule has 2 aromatic carbocycles. The SMILES string of the molecule is COc1ccccc1[C@@H](c1nnnn1CCc1ccccc1)N1CCN(C2CCCC2)CC1. The summed E-state index contributed by atoms with van der Waals surface area (Å²) in [5.74, 6) is 1.78. The summed E-state index contributed by atoms with van der Waals surface area (Å²) < 4.78 is 7.75. The fourth-order valence-corrected chi connectivity index (χ4v) is 5.47. The number of para-hydroxylation sites is 1. The van der Waals surface area contributed by atoms with Gasteiger partial charge in [0.25, 0.3) is 0 Å². The second-order valence-corrected chi connectivity index (χ2v) is 9.15. The predicted molar refractivity (Wildman–Crippen MR) is 128 cm³/mol. The first-order chi connectivity index (χ1) is 16.3. The van der Waals surface area contributed by atoms with Crippen molar-refractivity contribution in [2.75, 3.05) is 33.3 Å². The van der Waals surface area contributed by atoms with Gasteiger partial charge in [0.05, 0.1) is 7.11 Å². The first-order valence-electron chi connectivity index (χ1n) is 12.2. The van der Waals surface area contributed by atoms with Gasteiger partial charge in [-0.25, -0.2) is 4.68 Å². The van der Waals surface area contributed by atoms with Crippen LogP contribution >= 0.6 is 0 Å². The van der Waals surface area contributed by atoms with Crippen molar-refractivity contribution in [3.63, 3.8) is 0 Å². The molecule has 174 valence electrons. The van der Waals surface area contributed by atoms with E-state index in [1.165, 1.54) is 31.2 Å². The fraction of sp³-hybridized carbons (Fsp3) is 0.500. The highest BCUT2D eigenvalue weighted by molar-refractivity contribution is 5.39. The molecule has 0 unspecified atom stereocenters. The maximum Gasteiger partial charge on any atom is 0.173 e. The summed E-state index contributed by atoms with van der Waals surface area (Å²) in [4.78, 5) is 5.23. The summed E-state index contributed by atoms with van der Waals surface area (Å²) >= 11 is 0. The van der Waals surface area contributed by atoms with Crippen molar-refractivity contribution in [3.8, 4) is 5.75 Å². The molecule has 0 radical (unpaired) electrons. The molecule has 33 heavy (non-hydrogen) atoms. The highest BCUT2D eigenvalue weighted by Crippen LogP contribution is 2.35. The summed E-state index contributed by atoms with van der Waals surface area (Å²) in [5.41, 5.74) is 2.42. The van der Waals surface area contributed by atoms with E-state index >= 15 is 0 Å². The van der Waals surface area contributed by atoms with E-state index < -0.39 is 0 Å². The number of ether oxygens (including phenoxy) is 1. The van der Waals surface area contributed by atoms with Gasteiger partial charge in [0.1, 0.15) is 11.8 Å². The number of hydrogen-bond acceptors (Lipinski definition) is 6. The number of hydrogen-bond donors (Lipinski definition) is 0. The first-order valence-corrected chi connectivity index (χ1v) is 12.2. The molecule has 2 fully saturated rings. The molecule has 2 heterocycles. The Morgan fingerprint density at radius 2 is 1.67 bits per heavy atom. The van der Waals surface area contributed by atoms with Crippen molar-refractivity contribution in [1.82, 2.24) is 30.0 Å². The molecule has 0 amide bonds. The highest BCUT2D eigenvalue weighted by Gasteiger charge is 2.34. The number of piperazine rings is 1. The lowest BCUT2D eigenvalue weighted by atomic mass is 10.0. The van der Waals surface area contributed by atoms with Crippen LogP contribution in [0.2, 0.25) is 0 Å². The third kappa shape index (κ3) is 4.94. The quantitative estimate of drug-likeness (QED) is 0.527. The average molecular weight is 447 g/mol. The van der Waals surface area contributed by atoms with Gasteiger partial charge in [-0.15, -0.1) is 5.10 Å². The number of tetrazole rings is 1. The first kappa shape index (κ1) is 22.0. The third-order valence-electron chi connectivity index (χ3n) is 7.25. The van der Waals surface area contributed by atoms with Gasteiger partial charge < -0.3 is 4.74 Å². The third-order valence-corrected chi connectivity index (χ3v) is 7.25. The van der Waals surface area contributed by atoms with E-state index in [-0.39, 0.29) is 6.04 Å². The van der Waals surface area contributed by atoms with Gasteiger partial charge in [0.2, 0.25) is 0 Å². The van der Waals surface area contributed by atoms with E-state index in [1.54, 1.807) is 7.11 Å². The Balaban J connectivity index is 1.40. The van der Waals surface area contributed by atoms with Gasteiger partial charge in [-0.1, -0.05) is 61.4 Å². The Morgan fingerprint density at radius 3 is 2.42 bits per heavy atom. The number of benzene rings is 2. The number of aryl methyl sites for hydroxylation is 2. The topological polar surface area (TPSA) is 59.3 Å². The molecule has 1 saturated heterocycles. The normalized spacial score (nSPS) is 19.1. The molecular formula is C26H34N6O. The zero-order valence-electron chi connectivity index (χ0n) is 19.5. The van der Waals surface area contributed by atoms with Crippen LogP contribution in [0.1, 0.15) is 48.7 Å². The minimum Gasteiger partial charge on any atom is -0.496 e. The van der Waals surface area contributed by atoms with E-state index in [1.807, 2.05) is 16.8 Å². The summed E-state index contributed by atoms with van der Waals surface area (Å²) in [7, 11) is 1.74. The standard InChI is InChI=1S/C26H34N6O/c1-33-24-14-8-7-13-23(24)25(31-19-17-30(18-20-31)22-11-5-6-12-22)26-27-28-29-32(26)16-15-21-9-3-2-4-10-21/h2-4,7-10,13-14,22,25H,5-6,11-12,15-20H2,1H3/t25-/m0/s1. The van der Waals surface area contributed by atoms with Crippen LogP contribution in [0.4, 0.5) is 0 Å². The molecule has 1 saturated carbocycles. The van der Waals surface area contributed by atoms with Crippen LogP contribution in [-0.2, 0) is 13.0 Å². The molecule has 3 aromatic rings. The highest BCUT2D eigenvalue weighted by atomic mass is 16.5. The summed E-state index contributed by atoms with van der Waals surface area (Å²) in [6.45, 7) is 4.96. The van der Waals surface area contributed by atoms with Gasteiger partial charge in [-0.2, -0.15) is 0 Å². The summed E-state index contributed by atoms with van der Waals surface area (Å²) in [6, 6.07) is 19.6. The molecule has 0 spiro atoms. The number of methoxy groups -OCH3 is 1. The van der Waals surface area contributed by atoms with Gasteiger partial charge in [-0.05, 0) is 41.3 Å². The van der Waals surface area contributed by atoms with Crippen molar-refractivity contribution in [2.24, 2.45) is 0 Å². The molecule has 0 bridgehead atoms. The molecule has 1 atom stereocenters. The molecule has 7 nitrogen and oxygen atoms in total. The maximum absolute atomic E-state index is 5.77. The summed E-state index contributed by atoms with van der Waals surface area (Å²) in [5, 5.41) is 13.0. The van der Waals surface area contributed by atoms with E-state index in [9.17, 15) is 0 Å². The zero-order valence-corrected chi connectivity index (χ0v) is 19.5. The minimum atomic E-state index is -0.0300. The molecular weight excluding hydrogens is 412 g/mol. The van der Waals surface area contributed by atoms with Crippen LogP contribution in [0, 0.1) is 0 Å². The van der Waals surface area contributed by atoms with Crippen LogP contribution in [0.15, 0.2) is 54.6 Å². The number of nitrogens with zero attached hydrogens (tertiary/aromatic N) is 6. The van der Waals surface area contributed by atoms with Crippen molar-refractivity contribution in [3.05, 3.63) is 71.5 Å². The van der Waals surface area contributed by atoms with Gasteiger partial charge in [0.15, 0.2) is 5.82 Å². The second kappa shape index (κ2) is 10.4. The van der Waals surface area contributed by atoms with Crippen LogP contribution in [0.3, 0.4) is 0 Å². The molecule has 0 N–H and O–H groups in total. The Hall–Kier alpha value is -2.77. The van der Waals surface area contributed by atoms with E-state index in [2.05, 4.69) is 67.8 Å². The van der Waals surface area contributed by atoms with Crippen LogP contribution in [0.5, 0.6) is 5.75 Å². The van der Waals surface area contributed by atoms with Gasteiger partial charge in [-0.3, -0.25) is 9.80 Å². The Labute approximate surface area is 196 Å². The minimum absolute atomic E-state index is 0.0300. The van der Waals surface area contributed by atoms with E-state index in [4.69, 9.17) is 4.74 Å². The van der Waals surface area contributed by atoms with Crippen molar-refractivity contribution < 1.29 is 4.74 Å². The van der Waals surface area contributed by atoms with Crippen LogP contribution < -0.4 is 4.74 Å². The van der Waals surface area contributed by atoms with Crippen LogP contribution in [0.25, 0.3) is 0 Å². The predicted octanol–water partition coefficient (Wildman–Crippen LogP) is 3.57.